The van der Waals surface area contributed by atoms with Gasteiger partial charge in [-0.15, -0.1) is 0 Å². The third kappa shape index (κ3) is 2.54. The summed E-state index contributed by atoms with van der Waals surface area (Å²) in [6, 6.07) is 4.93. The summed E-state index contributed by atoms with van der Waals surface area (Å²) >= 11 is 0. The molecule has 0 radical (unpaired) electrons. The second-order valence-corrected chi connectivity index (χ2v) is 5.30. The summed E-state index contributed by atoms with van der Waals surface area (Å²) in [6.07, 6.45) is 1.58. The average molecular weight is 276 g/mol. The lowest BCUT2D eigenvalue weighted by Gasteiger charge is -2.25. The van der Waals surface area contributed by atoms with Gasteiger partial charge in [-0.3, -0.25) is 4.79 Å². The van der Waals surface area contributed by atoms with Crippen LogP contribution in [0.4, 0.5) is 5.69 Å². The van der Waals surface area contributed by atoms with Crippen LogP contribution in [0.15, 0.2) is 18.2 Å². The van der Waals surface area contributed by atoms with E-state index >= 15 is 0 Å². The van der Waals surface area contributed by atoms with Crippen molar-refractivity contribution in [2.24, 2.45) is 5.41 Å². The molecule has 1 aliphatic heterocycles. The van der Waals surface area contributed by atoms with Gasteiger partial charge < -0.3 is 15.7 Å². The van der Waals surface area contributed by atoms with Gasteiger partial charge in [-0.2, -0.15) is 0 Å². The fourth-order valence-electron chi connectivity index (χ4n) is 2.66. The highest BCUT2D eigenvalue weighted by Gasteiger charge is 2.39. The van der Waals surface area contributed by atoms with Gasteiger partial charge in [0.1, 0.15) is 0 Å². The van der Waals surface area contributed by atoms with Crippen molar-refractivity contribution >= 4 is 17.6 Å². The van der Waals surface area contributed by atoms with Gasteiger partial charge in [-0.1, -0.05) is 13.0 Å². The maximum Gasteiger partial charge on any atom is 0.336 e. The number of benzene rings is 1. The SMILES string of the molecule is CCC1(C(=O)Nc2cccc(C(=O)O)c2C)CCNC1. The van der Waals surface area contributed by atoms with Crippen LogP contribution in [0.1, 0.15) is 35.7 Å². The Morgan fingerprint density at radius 1 is 1.45 bits per heavy atom. The Balaban J connectivity index is 2.24. The lowest BCUT2D eigenvalue weighted by Crippen LogP contribution is -2.37. The van der Waals surface area contributed by atoms with E-state index in [1.165, 1.54) is 0 Å². The number of hydrogen-bond acceptors (Lipinski definition) is 3. The molecule has 1 heterocycles. The lowest BCUT2D eigenvalue weighted by atomic mass is 9.83. The molecular formula is C15H20N2O3. The van der Waals surface area contributed by atoms with Gasteiger partial charge in [0, 0.05) is 12.2 Å². The van der Waals surface area contributed by atoms with Gasteiger partial charge in [0.05, 0.1) is 11.0 Å². The molecule has 1 aromatic carbocycles. The molecular weight excluding hydrogens is 256 g/mol. The predicted molar refractivity (Wildman–Crippen MR) is 77.0 cm³/mol. The van der Waals surface area contributed by atoms with E-state index in [-0.39, 0.29) is 16.9 Å². The van der Waals surface area contributed by atoms with E-state index in [2.05, 4.69) is 10.6 Å². The van der Waals surface area contributed by atoms with Gasteiger partial charge >= 0.3 is 5.97 Å². The molecule has 0 bridgehead atoms. The molecule has 1 fully saturated rings. The topological polar surface area (TPSA) is 78.4 Å². The molecule has 0 aromatic heterocycles. The highest BCUT2D eigenvalue weighted by Crippen LogP contribution is 2.31. The van der Waals surface area contributed by atoms with Crippen LogP contribution in [0.5, 0.6) is 0 Å². The first kappa shape index (κ1) is 14.5. The Morgan fingerprint density at radius 2 is 2.20 bits per heavy atom. The van der Waals surface area contributed by atoms with E-state index in [0.717, 1.165) is 19.4 Å². The molecule has 1 saturated heterocycles. The van der Waals surface area contributed by atoms with E-state index in [9.17, 15) is 9.59 Å². The zero-order chi connectivity index (χ0) is 14.8. The van der Waals surface area contributed by atoms with Crippen LogP contribution < -0.4 is 10.6 Å². The fraction of sp³-hybridized carbons (Fsp3) is 0.467. The van der Waals surface area contributed by atoms with Gasteiger partial charge in [0.25, 0.3) is 0 Å². The van der Waals surface area contributed by atoms with Crippen LogP contribution in [0.2, 0.25) is 0 Å². The lowest BCUT2D eigenvalue weighted by molar-refractivity contribution is -0.124. The quantitative estimate of drug-likeness (QED) is 0.786. The Bertz CT molecular complexity index is 534. The summed E-state index contributed by atoms with van der Waals surface area (Å²) in [5.41, 5.74) is 1.00. The van der Waals surface area contributed by atoms with Gasteiger partial charge in [0.15, 0.2) is 0 Å². The summed E-state index contributed by atoms with van der Waals surface area (Å²) in [7, 11) is 0. The summed E-state index contributed by atoms with van der Waals surface area (Å²) in [5, 5.41) is 15.2. The summed E-state index contributed by atoms with van der Waals surface area (Å²) in [6.45, 7) is 5.24. The molecule has 1 amide bonds. The van der Waals surface area contributed by atoms with E-state index in [0.29, 0.717) is 17.8 Å². The summed E-state index contributed by atoms with van der Waals surface area (Å²) < 4.78 is 0. The zero-order valence-electron chi connectivity index (χ0n) is 11.8. The van der Waals surface area contributed by atoms with Crippen LogP contribution in [0.3, 0.4) is 0 Å². The minimum atomic E-state index is -0.980. The zero-order valence-corrected chi connectivity index (χ0v) is 11.8. The van der Waals surface area contributed by atoms with E-state index in [1.54, 1.807) is 25.1 Å². The molecule has 0 aliphatic carbocycles. The molecule has 2 rings (SSSR count). The van der Waals surface area contributed by atoms with Crippen LogP contribution in [0.25, 0.3) is 0 Å². The van der Waals surface area contributed by atoms with Crippen LogP contribution in [-0.2, 0) is 4.79 Å². The molecule has 0 spiro atoms. The fourth-order valence-corrected chi connectivity index (χ4v) is 2.66. The smallest absolute Gasteiger partial charge is 0.336 e. The third-order valence-corrected chi connectivity index (χ3v) is 4.21. The van der Waals surface area contributed by atoms with Crippen molar-refractivity contribution in [3.8, 4) is 0 Å². The first-order valence-corrected chi connectivity index (χ1v) is 6.85. The molecule has 1 aromatic rings. The number of anilines is 1. The Kier molecular flexibility index (Phi) is 4.09. The maximum absolute atomic E-state index is 12.5. The van der Waals surface area contributed by atoms with Crippen molar-refractivity contribution in [1.82, 2.24) is 5.32 Å². The number of carbonyl (C=O) groups excluding carboxylic acids is 1. The van der Waals surface area contributed by atoms with Crippen molar-refractivity contribution in [2.45, 2.75) is 26.7 Å². The number of carbonyl (C=O) groups is 2. The molecule has 5 nitrogen and oxygen atoms in total. The number of aromatic carboxylic acids is 1. The average Bonchev–Trinajstić information content (AvgIpc) is 2.90. The van der Waals surface area contributed by atoms with Crippen molar-refractivity contribution < 1.29 is 14.7 Å². The summed E-state index contributed by atoms with van der Waals surface area (Å²) in [4.78, 5) is 23.6. The van der Waals surface area contributed by atoms with E-state index in [1.807, 2.05) is 6.92 Å². The number of nitrogens with one attached hydrogen (secondary N) is 2. The standard InChI is InChI=1S/C15H20N2O3/c1-3-15(7-8-16-9-15)14(20)17-12-6-4-5-11(10(12)2)13(18)19/h4-6,16H,3,7-9H2,1-2H3,(H,17,20)(H,18,19). The monoisotopic (exact) mass is 276 g/mol. The summed E-state index contributed by atoms with van der Waals surface area (Å²) in [5.74, 6) is -1.01. The minimum Gasteiger partial charge on any atom is -0.478 e. The van der Waals surface area contributed by atoms with Crippen molar-refractivity contribution in [2.75, 3.05) is 18.4 Å². The van der Waals surface area contributed by atoms with Crippen molar-refractivity contribution in [1.29, 1.82) is 0 Å². The molecule has 1 atom stereocenters. The highest BCUT2D eigenvalue weighted by molar-refractivity contribution is 5.98. The third-order valence-electron chi connectivity index (χ3n) is 4.21. The van der Waals surface area contributed by atoms with Gasteiger partial charge in [-0.05, 0) is 44.0 Å². The second kappa shape index (κ2) is 5.63. The number of hydrogen-bond donors (Lipinski definition) is 3. The van der Waals surface area contributed by atoms with Crippen LogP contribution >= 0.6 is 0 Å². The normalized spacial score (nSPS) is 21.7. The minimum absolute atomic E-state index is 0.0318. The first-order chi connectivity index (χ1) is 9.50. The van der Waals surface area contributed by atoms with E-state index in [4.69, 9.17) is 5.11 Å². The molecule has 1 aliphatic rings. The number of amides is 1. The number of carboxylic acid groups (broad SMARTS) is 1. The first-order valence-electron chi connectivity index (χ1n) is 6.85. The molecule has 3 N–H and O–H groups in total. The number of carboxylic acids is 1. The molecule has 0 saturated carbocycles. The van der Waals surface area contributed by atoms with Gasteiger partial charge in [-0.25, -0.2) is 4.79 Å². The molecule has 108 valence electrons. The highest BCUT2D eigenvalue weighted by atomic mass is 16.4. The molecule has 5 heteroatoms. The van der Waals surface area contributed by atoms with Gasteiger partial charge in [0.2, 0.25) is 5.91 Å². The molecule has 1 unspecified atom stereocenters. The molecule has 20 heavy (non-hydrogen) atoms. The van der Waals surface area contributed by atoms with Crippen molar-refractivity contribution in [3.05, 3.63) is 29.3 Å². The van der Waals surface area contributed by atoms with Crippen molar-refractivity contribution in [3.63, 3.8) is 0 Å². The Hall–Kier alpha value is -1.88. The van der Waals surface area contributed by atoms with Crippen LogP contribution in [0, 0.1) is 12.3 Å². The predicted octanol–water partition coefficient (Wildman–Crippen LogP) is 2.02. The maximum atomic E-state index is 12.5. The largest absolute Gasteiger partial charge is 0.478 e. The Morgan fingerprint density at radius 3 is 2.75 bits per heavy atom. The Labute approximate surface area is 118 Å². The van der Waals surface area contributed by atoms with Crippen LogP contribution in [-0.4, -0.2) is 30.1 Å². The number of rotatable bonds is 4. The second-order valence-electron chi connectivity index (χ2n) is 5.30. The van der Waals surface area contributed by atoms with E-state index < -0.39 is 5.97 Å².